The van der Waals surface area contributed by atoms with Crippen molar-refractivity contribution in [2.75, 3.05) is 30.4 Å². The summed E-state index contributed by atoms with van der Waals surface area (Å²) in [6.45, 7) is 6.00. The van der Waals surface area contributed by atoms with Crippen LogP contribution in [0.1, 0.15) is 38.3 Å². The lowest BCUT2D eigenvalue weighted by atomic mass is 10.1. The van der Waals surface area contributed by atoms with Crippen molar-refractivity contribution in [3.05, 3.63) is 42.4 Å². The van der Waals surface area contributed by atoms with Gasteiger partial charge in [-0.3, -0.25) is 0 Å². The Morgan fingerprint density at radius 3 is 2.75 bits per heavy atom. The van der Waals surface area contributed by atoms with Crippen molar-refractivity contribution in [1.29, 1.82) is 5.41 Å². The Bertz CT molecular complexity index is 1130. The molecular weight excluding hydrogens is 404 g/mol. The van der Waals surface area contributed by atoms with E-state index in [1.807, 2.05) is 24.5 Å². The van der Waals surface area contributed by atoms with Gasteiger partial charge in [-0.25, -0.2) is 9.97 Å². The van der Waals surface area contributed by atoms with E-state index in [4.69, 9.17) is 20.9 Å². The quantitative estimate of drug-likeness (QED) is 0.485. The van der Waals surface area contributed by atoms with Gasteiger partial charge in [0.05, 0.1) is 11.6 Å². The normalized spacial score (nSPS) is 15.5. The molecule has 1 aliphatic heterocycles. The molecule has 9 heteroatoms. The Morgan fingerprint density at radius 2 is 2.06 bits per heavy atom. The van der Waals surface area contributed by atoms with Crippen LogP contribution in [0, 0.1) is 5.41 Å². The van der Waals surface area contributed by atoms with Gasteiger partial charge in [0, 0.05) is 73.8 Å². The molecule has 1 aliphatic rings. The van der Waals surface area contributed by atoms with Gasteiger partial charge in [-0.15, -0.1) is 0 Å². The number of anilines is 3. The molecule has 0 amide bonds. The summed E-state index contributed by atoms with van der Waals surface area (Å²) in [7, 11) is 1.77. The van der Waals surface area contributed by atoms with Crippen LogP contribution in [0.3, 0.4) is 0 Å². The largest absolute Gasteiger partial charge is 0.398 e. The van der Waals surface area contributed by atoms with Crippen molar-refractivity contribution >= 4 is 40.4 Å². The number of methoxy groups -OCH3 is 1. The van der Waals surface area contributed by atoms with E-state index >= 15 is 0 Å². The third-order valence-corrected chi connectivity index (χ3v) is 5.81. The number of nitrogens with two attached hydrogens (primary N) is 1. The van der Waals surface area contributed by atoms with Crippen molar-refractivity contribution in [2.45, 2.75) is 38.8 Å². The predicted molar refractivity (Wildman–Crippen MR) is 129 cm³/mol. The average molecular weight is 435 g/mol. The summed E-state index contributed by atoms with van der Waals surface area (Å²) in [5.41, 5.74) is 8.61. The van der Waals surface area contributed by atoms with Gasteiger partial charge in [-0.05, 0) is 38.8 Å². The van der Waals surface area contributed by atoms with E-state index < -0.39 is 0 Å². The number of rotatable bonds is 7. The first-order valence-electron chi connectivity index (χ1n) is 10.8. The zero-order chi connectivity index (χ0) is 22.7. The molecule has 0 unspecified atom stereocenters. The van der Waals surface area contributed by atoms with Crippen LogP contribution in [0.4, 0.5) is 17.6 Å². The SMILES string of the molecule is COC1CCN(c2nccc(Nc3cc4c(cn3)c(C(N)=CC=N)cn4C(C)C)n2)CC1. The molecule has 3 aromatic heterocycles. The minimum atomic E-state index is 0.245. The number of nitrogens with one attached hydrogen (secondary N) is 2. The lowest BCUT2D eigenvalue weighted by Crippen LogP contribution is -2.37. The van der Waals surface area contributed by atoms with Crippen LogP contribution in [-0.2, 0) is 4.74 Å². The number of ether oxygens (including phenoxy) is 1. The van der Waals surface area contributed by atoms with Gasteiger partial charge in [0.25, 0.3) is 0 Å². The maximum Gasteiger partial charge on any atom is 0.227 e. The van der Waals surface area contributed by atoms with Crippen LogP contribution in [0.25, 0.3) is 16.6 Å². The minimum Gasteiger partial charge on any atom is -0.398 e. The number of hydrogen-bond donors (Lipinski definition) is 3. The number of aromatic nitrogens is 4. The third-order valence-electron chi connectivity index (χ3n) is 5.81. The highest BCUT2D eigenvalue weighted by atomic mass is 16.5. The Morgan fingerprint density at radius 1 is 1.28 bits per heavy atom. The standard InChI is InChI=1S/C23H30N8O/c1-15(2)31-14-18(19(25)4-8-24)17-13-27-22(12-20(17)31)28-21-5-9-26-23(29-21)30-10-6-16(32-3)7-11-30/h4-5,8-9,12-16,24H,6-7,10-11,25H2,1-3H3,(H,26,27,28,29). The summed E-state index contributed by atoms with van der Waals surface area (Å²) in [5, 5.41) is 11.6. The second-order valence-electron chi connectivity index (χ2n) is 8.21. The van der Waals surface area contributed by atoms with Crippen molar-refractivity contribution in [1.82, 2.24) is 19.5 Å². The molecule has 1 saturated heterocycles. The lowest BCUT2D eigenvalue weighted by Gasteiger charge is -2.31. The summed E-state index contributed by atoms with van der Waals surface area (Å²) in [6, 6.07) is 4.09. The molecule has 0 bridgehead atoms. The molecular formula is C23H30N8O. The molecule has 168 valence electrons. The molecule has 0 saturated carbocycles. The molecule has 4 heterocycles. The highest BCUT2D eigenvalue weighted by Gasteiger charge is 2.21. The summed E-state index contributed by atoms with van der Waals surface area (Å²) in [4.78, 5) is 15.9. The Hall–Kier alpha value is -3.46. The lowest BCUT2D eigenvalue weighted by molar-refractivity contribution is 0.0816. The van der Waals surface area contributed by atoms with E-state index in [9.17, 15) is 0 Å². The number of nitrogens with zero attached hydrogens (tertiary/aromatic N) is 5. The number of allylic oxidation sites excluding steroid dienone is 1. The van der Waals surface area contributed by atoms with Crippen molar-refractivity contribution < 1.29 is 4.74 Å². The number of pyridine rings is 1. The van der Waals surface area contributed by atoms with Gasteiger partial charge in [0.1, 0.15) is 11.6 Å². The molecule has 4 N–H and O–H groups in total. The van der Waals surface area contributed by atoms with Gasteiger partial charge >= 0.3 is 0 Å². The summed E-state index contributed by atoms with van der Waals surface area (Å²) < 4.78 is 7.62. The molecule has 3 aromatic rings. The Kier molecular flexibility index (Phi) is 6.36. The van der Waals surface area contributed by atoms with E-state index in [2.05, 4.69) is 38.6 Å². The van der Waals surface area contributed by atoms with Crippen LogP contribution < -0.4 is 16.0 Å². The van der Waals surface area contributed by atoms with Crippen molar-refractivity contribution in [3.63, 3.8) is 0 Å². The van der Waals surface area contributed by atoms with Crippen LogP contribution in [0.5, 0.6) is 0 Å². The second-order valence-corrected chi connectivity index (χ2v) is 8.21. The fourth-order valence-corrected chi connectivity index (χ4v) is 4.04. The molecule has 0 spiro atoms. The van der Waals surface area contributed by atoms with Crippen LogP contribution in [0.15, 0.2) is 36.8 Å². The van der Waals surface area contributed by atoms with Crippen molar-refractivity contribution in [3.8, 4) is 0 Å². The zero-order valence-corrected chi connectivity index (χ0v) is 18.7. The first-order chi connectivity index (χ1) is 15.5. The van der Waals surface area contributed by atoms with Crippen LogP contribution in [0.2, 0.25) is 0 Å². The van der Waals surface area contributed by atoms with Gasteiger partial charge < -0.3 is 30.7 Å². The Labute approximate surface area is 187 Å². The molecule has 1 fully saturated rings. The molecule has 0 atom stereocenters. The molecule has 4 rings (SSSR count). The first kappa shape index (κ1) is 21.8. The van der Waals surface area contributed by atoms with Gasteiger partial charge in [-0.2, -0.15) is 4.98 Å². The minimum absolute atomic E-state index is 0.245. The maximum absolute atomic E-state index is 7.32. The third kappa shape index (κ3) is 4.43. The summed E-state index contributed by atoms with van der Waals surface area (Å²) >= 11 is 0. The monoisotopic (exact) mass is 434 g/mol. The first-order valence-corrected chi connectivity index (χ1v) is 10.8. The van der Waals surface area contributed by atoms with Crippen LogP contribution >= 0.6 is 0 Å². The number of hydrogen-bond acceptors (Lipinski definition) is 8. The van der Waals surface area contributed by atoms with E-state index in [0.29, 0.717) is 29.4 Å². The average Bonchev–Trinajstić information content (AvgIpc) is 3.19. The van der Waals surface area contributed by atoms with Gasteiger partial charge in [0.15, 0.2) is 0 Å². The fourth-order valence-electron chi connectivity index (χ4n) is 4.04. The topological polar surface area (TPSA) is 118 Å². The highest BCUT2D eigenvalue weighted by molar-refractivity contribution is 5.96. The zero-order valence-electron chi connectivity index (χ0n) is 18.7. The van der Waals surface area contributed by atoms with Gasteiger partial charge in [-0.1, -0.05) is 0 Å². The molecule has 32 heavy (non-hydrogen) atoms. The Balaban J connectivity index is 1.60. The van der Waals surface area contributed by atoms with E-state index in [1.165, 1.54) is 6.21 Å². The van der Waals surface area contributed by atoms with E-state index in [0.717, 1.165) is 42.4 Å². The maximum atomic E-state index is 7.32. The van der Waals surface area contributed by atoms with Crippen molar-refractivity contribution in [2.24, 2.45) is 5.73 Å². The van der Waals surface area contributed by atoms with E-state index in [-0.39, 0.29) is 6.04 Å². The second kappa shape index (κ2) is 9.35. The summed E-state index contributed by atoms with van der Waals surface area (Å²) in [6.07, 6.45) is 10.6. The molecule has 9 nitrogen and oxygen atoms in total. The summed E-state index contributed by atoms with van der Waals surface area (Å²) in [5.74, 6) is 2.10. The van der Waals surface area contributed by atoms with Crippen LogP contribution in [-0.4, -0.2) is 52.0 Å². The fraction of sp³-hybridized carbons (Fsp3) is 0.391. The molecule has 0 aromatic carbocycles. The highest BCUT2D eigenvalue weighted by Crippen LogP contribution is 2.29. The van der Waals surface area contributed by atoms with Gasteiger partial charge in [0.2, 0.25) is 5.95 Å². The number of piperidine rings is 1. The molecule has 0 radical (unpaired) electrons. The molecule has 0 aliphatic carbocycles. The predicted octanol–water partition coefficient (Wildman–Crippen LogP) is 3.72. The van der Waals surface area contributed by atoms with E-state index in [1.54, 1.807) is 19.4 Å². The number of fused-ring (bicyclic) bond motifs is 1. The smallest absolute Gasteiger partial charge is 0.227 e.